The summed E-state index contributed by atoms with van der Waals surface area (Å²) in [6.07, 6.45) is 4.03. The molecule has 4 heteroatoms. The number of aryl methyl sites for hydroxylation is 1. The third-order valence-electron chi connectivity index (χ3n) is 3.85. The number of hydrogen-bond acceptors (Lipinski definition) is 3. The van der Waals surface area contributed by atoms with E-state index >= 15 is 0 Å². The van der Waals surface area contributed by atoms with Crippen LogP contribution in [0.3, 0.4) is 0 Å². The maximum Gasteiger partial charge on any atom is 0.132 e. The van der Waals surface area contributed by atoms with Crippen LogP contribution in [0.25, 0.3) is 23.2 Å². The molecule has 0 aliphatic carbocycles. The van der Waals surface area contributed by atoms with E-state index in [1.807, 2.05) is 62.1 Å². The number of anilines is 1. The van der Waals surface area contributed by atoms with E-state index in [-0.39, 0.29) is 0 Å². The van der Waals surface area contributed by atoms with E-state index in [0.717, 1.165) is 26.9 Å². The number of para-hydroxylation sites is 2. The summed E-state index contributed by atoms with van der Waals surface area (Å²) < 4.78 is 2.75. The third-order valence-corrected chi connectivity index (χ3v) is 4.33. The van der Waals surface area contributed by atoms with Gasteiger partial charge in [0, 0.05) is 26.8 Å². The van der Waals surface area contributed by atoms with Crippen LogP contribution >= 0.6 is 12.2 Å². The Bertz CT molecular complexity index is 921. The maximum absolute atomic E-state index is 5.53. The Balaban J connectivity index is 1.97. The van der Waals surface area contributed by atoms with E-state index in [1.54, 1.807) is 0 Å². The molecule has 0 saturated carbocycles. The molecular weight excluding hydrogens is 302 g/mol. The average molecular weight is 321 g/mol. The predicted molar refractivity (Wildman–Crippen MR) is 101 cm³/mol. The smallest absolute Gasteiger partial charge is 0.132 e. The number of aromatic nitrogens is 2. The van der Waals surface area contributed by atoms with Gasteiger partial charge in [-0.15, -0.1) is 0 Å². The van der Waals surface area contributed by atoms with E-state index in [4.69, 9.17) is 12.2 Å². The molecule has 0 aliphatic rings. The summed E-state index contributed by atoms with van der Waals surface area (Å²) in [4.78, 5) is 6.76. The zero-order chi connectivity index (χ0) is 16.4. The zero-order valence-electron chi connectivity index (χ0n) is 13.5. The Morgan fingerprint density at radius 2 is 1.70 bits per heavy atom. The molecule has 0 spiro atoms. The van der Waals surface area contributed by atoms with Crippen LogP contribution in [0.2, 0.25) is 0 Å². The quantitative estimate of drug-likeness (QED) is 0.661. The Morgan fingerprint density at radius 3 is 2.39 bits per heavy atom. The average Bonchev–Trinajstić information content (AvgIpc) is 2.57. The highest BCUT2D eigenvalue weighted by Crippen LogP contribution is 2.17. The Morgan fingerprint density at radius 1 is 1.00 bits per heavy atom. The Kier molecular flexibility index (Phi) is 4.26. The summed E-state index contributed by atoms with van der Waals surface area (Å²) in [5, 5.41) is 0. The molecule has 0 bridgehead atoms. The molecule has 23 heavy (non-hydrogen) atoms. The largest absolute Gasteiger partial charge is 0.378 e. The molecule has 0 N–H and O–H groups in total. The van der Waals surface area contributed by atoms with Crippen LogP contribution < -0.4 is 4.90 Å². The first-order chi connectivity index (χ1) is 11.1. The molecule has 0 fully saturated rings. The summed E-state index contributed by atoms with van der Waals surface area (Å²) >= 11 is 5.53. The third kappa shape index (κ3) is 3.17. The van der Waals surface area contributed by atoms with E-state index in [1.165, 1.54) is 5.69 Å². The highest BCUT2D eigenvalue weighted by Gasteiger charge is 2.02. The van der Waals surface area contributed by atoms with Crippen molar-refractivity contribution in [1.29, 1.82) is 0 Å². The number of rotatable bonds is 3. The molecule has 3 aromatic rings. The molecule has 1 aromatic heterocycles. The minimum absolute atomic E-state index is 0.741. The molecule has 3 nitrogen and oxygen atoms in total. The molecule has 1 heterocycles. The lowest BCUT2D eigenvalue weighted by Gasteiger charge is -2.11. The molecule has 0 amide bonds. The van der Waals surface area contributed by atoms with Crippen LogP contribution in [0.5, 0.6) is 0 Å². The molecule has 0 unspecified atom stereocenters. The first-order valence-electron chi connectivity index (χ1n) is 7.47. The Labute approximate surface area is 141 Å². The molecule has 0 aliphatic heterocycles. The number of hydrogen-bond donors (Lipinski definition) is 0. The van der Waals surface area contributed by atoms with Crippen molar-refractivity contribution in [3.63, 3.8) is 0 Å². The molecule has 0 radical (unpaired) electrons. The number of nitrogens with zero attached hydrogens (tertiary/aromatic N) is 3. The highest BCUT2D eigenvalue weighted by molar-refractivity contribution is 7.71. The standard InChI is InChI=1S/C19H19N3S/c1-21(2)15-11-8-14(9-12-15)10-13-17-19(23)22(3)18-7-5-4-6-16(18)20-17/h4-13H,1-3H3/b13-10+. The van der Waals surface area contributed by atoms with Crippen molar-refractivity contribution in [2.75, 3.05) is 19.0 Å². The van der Waals surface area contributed by atoms with Gasteiger partial charge in [-0.1, -0.05) is 42.6 Å². The van der Waals surface area contributed by atoms with Crippen LogP contribution in [0.15, 0.2) is 48.5 Å². The van der Waals surface area contributed by atoms with Crippen molar-refractivity contribution in [2.45, 2.75) is 0 Å². The zero-order valence-corrected chi connectivity index (χ0v) is 14.3. The van der Waals surface area contributed by atoms with Gasteiger partial charge in [-0.2, -0.15) is 0 Å². The number of fused-ring (bicyclic) bond motifs is 1. The minimum atomic E-state index is 0.741. The fourth-order valence-corrected chi connectivity index (χ4v) is 2.68. The van der Waals surface area contributed by atoms with Crippen molar-refractivity contribution in [3.8, 4) is 0 Å². The van der Waals surface area contributed by atoms with Crippen molar-refractivity contribution >= 4 is 41.1 Å². The molecule has 2 aromatic carbocycles. The lowest BCUT2D eigenvalue weighted by atomic mass is 10.1. The van der Waals surface area contributed by atoms with Gasteiger partial charge < -0.3 is 9.47 Å². The fourth-order valence-electron chi connectivity index (χ4n) is 2.47. The van der Waals surface area contributed by atoms with E-state index in [0.29, 0.717) is 0 Å². The fraction of sp³-hybridized carbons (Fsp3) is 0.158. The van der Waals surface area contributed by atoms with Crippen molar-refractivity contribution in [1.82, 2.24) is 9.55 Å². The summed E-state index contributed by atoms with van der Waals surface area (Å²) in [6.45, 7) is 0. The minimum Gasteiger partial charge on any atom is -0.378 e. The second-order valence-electron chi connectivity index (χ2n) is 5.67. The van der Waals surface area contributed by atoms with Crippen molar-refractivity contribution < 1.29 is 0 Å². The molecule has 116 valence electrons. The lowest BCUT2D eigenvalue weighted by Crippen LogP contribution is -2.07. The SMILES string of the molecule is CN(C)c1ccc(/C=C/c2nc3ccccc3n(C)c2=S)cc1. The van der Waals surface area contributed by atoms with Crippen LogP contribution in [-0.4, -0.2) is 23.6 Å². The van der Waals surface area contributed by atoms with E-state index in [2.05, 4.69) is 34.1 Å². The van der Waals surface area contributed by atoms with Gasteiger partial charge in [-0.05, 0) is 35.9 Å². The second kappa shape index (κ2) is 6.34. The lowest BCUT2D eigenvalue weighted by molar-refractivity contribution is 0.917. The second-order valence-corrected chi connectivity index (χ2v) is 6.06. The normalized spacial score (nSPS) is 11.3. The molecule has 3 rings (SSSR count). The van der Waals surface area contributed by atoms with Gasteiger partial charge in [0.1, 0.15) is 4.64 Å². The van der Waals surface area contributed by atoms with Crippen LogP contribution in [0.1, 0.15) is 11.3 Å². The predicted octanol–water partition coefficient (Wildman–Crippen LogP) is 4.54. The molecular formula is C19H19N3S. The van der Waals surface area contributed by atoms with E-state index in [9.17, 15) is 0 Å². The van der Waals surface area contributed by atoms with Gasteiger partial charge in [0.25, 0.3) is 0 Å². The van der Waals surface area contributed by atoms with Crippen LogP contribution in [0.4, 0.5) is 5.69 Å². The van der Waals surface area contributed by atoms with Crippen molar-refractivity contribution in [2.24, 2.45) is 7.05 Å². The van der Waals surface area contributed by atoms with Gasteiger partial charge in [0.2, 0.25) is 0 Å². The first-order valence-corrected chi connectivity index (χ1v) is 7.88. The maximum atomic E-state index is 5.53. The summed E-state index contributed by atoms with van der Waals surface area (Å²) in [5.74, 6) is 0. The highest BCUT2D eigenvalue weighted by atomic mass is 32.1. The van der Waals surface area contributed by atoms with Gasteiger partial charge in [-0.3, -0.25) is 0 Å². The van der Waals surface area contributed by atoms with Crippen LogP contribution in [-0.2, 0) is 7.05 Å². The van der Waals surface area contributed by atoms with E-state index < -0.39 is 0 Å². The summed E-state index contributed by atoms with van der Waals surface area (Å²) in [5.41, 5.74) is 5.12. The summed E-state index contributed by atoms with van der Waals surface area (Å²) in [6, 6.07) is 16.4. The molecule has 0 atom stereocenters. The molecule has 0 saturated heterocycles. The first kappa shape index (κ1) is 15.4. The summed E-state index contributed by atoms with van der Waals surface area (Å²) in [7, 11) is 6.05. The number of benzene rings is 2. The Hall–Kier alpha value is -2.46. The van der Waals surface area contributed by atoms with Crippen molar-refractivity contribution in [3.05, 3.63) is 64.4 Å². The van der Waals surface area contributed by atoms with Gasteiger partial charge in [0.05, 0.1) is 16.7 Å². The van der Waals surface area contributed by atoms with Crippen LogP contribution in [0, 0.1) is 4.64 Å². The van der Waals surface area contributed by atoms with Gasteiger partial charge >= 0.3 is 0 Å². The monoisotopic (exact) mass is 321 g/mol. The van der Waals surface area contributed by atoms with Gasteiger partial charge in [-0.25, -0.2) is 4.98 Å². The topological polar surface area (TPSA) is 21.1 Å². The van der Waals surface area contributed by atoms with Gasteiger partial charge in [0.15, 0.2) is 0 Å².